The van der Waals surface area contributed by atoms with E-state index in [0.717, 1.165) is 38.9 Å². The molecular weight excluding hydrogens is 317 g/mol. The molecule has 0 aromatic carbocycles. The van der Waals surface area contributed by atoms with Crippen molar-refractivity contribution in [2.75, 3.05) is 24.5 Å². The Morgan fingerprint density at radius 1 is 1.35 bits per heavy atom. The lowest BCUT2D eigenvalue weighted by atomic mass is 9.73. The summed E-state index contributed by atoms with van der Waals surface area (Å²) in [6, 6.07) is 1.52. The largest absolute Gasteiger partial charge is 0.354 e. The van der Waals surface area contributed by atoms with Gasteiger partial charge in [-0.3, -0.25) is 4.79 Å². The zero-order valence-corrected chi connectivity index (χ0v) is 14.4. The molecule has 2 aliphatic heterocycles. The van der Waals surface area contributed by atoms with Crippen LogP contribution < -0.4 is 4.90 Å². The van der Waals surface area contributed by atoms with E-state index < -0.39 is 0 Å². The molecule has 2 saturated heterocycles. The minimum Gasteiger partial charge on any atom is -0.354 e. The topological polar surface area (TPSA) is 36.4 Å². The molecule has 1 amide bonds. The summed E-state index contributed by atoms with van der Waals surface area (Å²) in [4.78, 5) is 20.3. The standard InChI is InChI=1S/C17H23ClFN3O/c1-12(2)22-11-17(6-4-15(22)23)5-3-7-21(10-17)16-14(19)8-13(18)9-20-16/h8-9,12H,3-7,10-11H2,1-2H3/t17-/m0/s1. The van der Waals surface area contributed by atoms with Gasteiger partial charge in [0.05, 0.1) is 5.02 Å². The SMILES string of the molecule is CC(C)N1C[C@@]2(CCCN(c3ncc(Cl)cc3F)C2)CCC1=O. The van der Waals surface area contributed by atoms with Gasteiger partial charge in [-0.15, -0.1) is 0 Å². The number of pyridine rings is 1. The summed E-state index contributed by atoms with van der Waals surface area (Å²) in [6.07, 6.45) is 5.02. The first-order chi connectivity index (χ1) is 10.9. The number of aromatic nitrogens is 1. The number of anilines is 1. The molecule has 0 radical (unpaired) electrons. The van der Waals surface area contributed by atoms with Gasteiger partial charge in [-0.1, -0.05) is 11.6 Å². The van der Waals surface area contributed by atoms with Gasteiger partial charge in [0.1, 0.15) is 0 Å². The van der Waals surface area contributed by atoms with Crippen LogP contribution in [0.15, 0.2) is 12.3 Å². The number of rotatable bonds is 2. The molecule has 0 unspecified atom stereocenters. The van der Waals surface area contributed by atoms with Gasteiger partial charge < -0.3 is 9.80 Å². The van der Waals surface area contributed by atoms with Crippen molar-refractivity contribution in [1.82, 2.24) is 9.88 Å². The second-order valence-electron chi connectivity index (χ2n) is 7.10. The van der Waals surface area contributed by atoms with Gasteiger partial charge in [-0.05, 0) is 39.2 Å². The van der Waals surface area contributed by atoms with Gasteiger partial charge >= 0.3 is 0 Å². The van der Waals surface area contributed by atoms with Gasteiger partial charge in [0.15, 0.2) is 11.6 Å². The van der Waals surface area contributed by atoms with Crippen LogP contribution in [0.4, 0.5) is 10.2 Å². The van der Waals surface area contributed by atoms with Crippen molar-refractivity contribution in [3.63, 3.8) is 0 Å². The number of likely N-dealkylation sites (tertiary alicyclic amines) is 1. The molecule has 1 aromatic rings. The molecule has 23 heavy (non-hydrogen) atoms. The maximum Gasteiger partial charge on any atom is 0.222 e. The van der Waals surface area contributed by atoms with Crippen molar-refractivity contribution in [3.8, 4) is 0 Å². The fraction of sp³-hybridized carbons (Fsp3) is 0.647. The highest BCUT2D eigenvalue weighted by molar-refractivity contribution is 6.30. The zero-order valence-electron chi connectivity index (χ0n) is 13.7. The number of piperidine rings is 2. The van der Waals surface area contributed by atoms with Crippen LogP contribution in [-0.4, -0.2) is 41.5 Å². The molecule has 6 heteroatoms. The van der Waals surface area contributed by atoms with E-state index in [1.807, 2.05) is 9.80 Å². The van der Waals surface area contributed by atoms with E-state index >= 15 is 0 Å². The Balaban J connectivity index is 1.81. The number of hydrogen-bond donors (Lipinski definition) is 0. The van der Waals surface area contributed by atoms with Gasteiger partial charge in [0.25, 0.3) is 0 Å². The van der Waals surface area contributed by atoms with Crippen LogP contribution in [0.25, 0.3) is 0 Å². The Morgan fingerprint density at radius 2 is 2.13 bits per heavy atom. The lowest BCUT2D eigenvalue weighted by Crippen LogP contribution is -2.55. The van der Waals surface area contributed by atoms with Crippen molar-refractivity contribution >= 4 is 23.3 Å². The first-order valence-corrected chi connectivity index (χ1v) is 8.63. The third-order valence-electron chi connectivity index (χ3n) is 5.07. The molecule has 0 saturated carbocycles. The summed E-state index contributed by atoms with van der Waals surface area (Å²) >= 11 is 5.80. The Labute approximate surface area is 141 Å². The molecule has 1 spiro atoms. The van der Waals surface area contributed by atoms with E-state index in [4.69, 9.17) is 11.6 Å². The molecule has 2 fully saturated rings. The molecule has 0 aliphatic carbocycles. The number of carbonyl (C=O) groups is 1. The molecule has 3 heterocycles. The third kappa shape index (κ3) is 3.30. The minimum absolute atomic E-state index is 0.0458. The van der Waals surface area contributed by atoms with Crippen LogP contribution in [0.3, 0.4) is 0 Å². The van der Waals surface area contributed by atoms with Crippen molar-refractivity contribution < 1.29 is 9.18 Å². The number of nitrogens with zero attached hydrogens (tertiary/aromatic N) is 3. The normalized spacial score (nSPS) is 25.5. The van der Waals surface area contributed by atoms with E-state index in [0.29, 0.717) is 17.3 Å². The van der Waals surface area contributed by atoms with Gasteiger partial charge in [0.2, 0.25) is 5.91 Å². The maximum atomic E-state index is 14.2. The third-order valence-corrected chi connectivity index (χ3v) is 5.27. The summed E-state index contributed by atoms with van der Waals surface area (Å²) in [5, 5.41) is 0.312. The lowest BCUT2D eigenvalue weighted by molar-refractivity contribution is -0.140. The molecule has 0 N–H and O–H groups in total. The fourth-order valence-corrected chi connectivity index (χ4v) is 4.02. The average Bonchev–Trinajstić information content (AvgIpc) is 2.50. The highest BCUT2D eigenvalue weighted by atomic mass is 35.5. The van der Waals surface area contributed by atoms with Crippen LogP contribution >= 0.6 is 11.6 Å². The Hall–Kier alpha value is -1.36. The number of carbonyl (C=O) groups excluding carboxylic acids is 1. The van der Waals surface area contributed by atoms with Crippen molar-refractivity contribution in [2.45, 2.75) is 45.6 Å². The number of amides is 1. The van der Waals surface area contributed by atoms with E-state index in [1.165, 1.54) is 12.3 Å². The van der Waals surface area contributed by atoms with Crippen molar-refractivity contribution in [2.24, 2.45) is 5.41 Å². The van der Waals surface area contributed by atoms with Crippen LogP contribution in [-0.2, 0) is 4.79 Å². The average molecular weight is 340 g/mol. The van der Waals surface area contributed by atoms with Crippen LogP contribution in [0, 0.1) is 11.2 Å². The Morgan fingerprint density at radius 3 is 2.83 bits per heavy atom. The van der Waals surface area contributed by atoms with E-state index in [9.17, 15) is 9.18 Å². The molecule has 2 aliphatic rings. The highest BCUT2D eigenvalue weighted by Crippen LogP contribution is 2.40. The molecule has 0 bridgehead atoms. The van der Waals surface area contributed by atoms with Crippen molar-refractivity contribution in [1.29, 1.82) is 0 Å². The summed E-state index contributed by atoms with van der Waals surface area (Å²) < 4.78 is 14.2. The summed E-state index contributed by atoms with van der Waals surface area (Å²) in [5.74, 6) is 0.238. The number of hydrogen-bond acceptors (Lipinski definition) is 3. The summed E-state index contributed by atoms with van der Waals surface area (Å²) in [6.45, 7) is 6.41. The predicted octanol–water partition coefficient (Wildman–Crippen LogP) is 3.49. The smallest absolute Gasteiger partial charge is 0.222 e. The molecule has 126 valence electrons. The predicted molar refractivity (Wildman–Crippen MR) is 89.2 cm³/mol. The Kier molecular flexibility index (Phi) is 4.50. The van der Waals surface area contributed by atoms with Crippen molar-refractivity contribution in [3.05, 3.63) is 23.1 Å². The molecule has 1 aromatic heterocycles. The second-order valence-corrected chi connectivity index (χ2v) is 7.54. The quantitative estimate of drug-likeness (QED) is 0.827. The first kappa shape index (κ1) is 16.5. The molecular formula is C17H23ClFN3O. The summed E-state index contributed by atoms with van der Waals surface area (Å²) in [5.41, 5.74) is 0.0458. The van der Waals surface area contributed by atoms with Gasteiger partial charge in [-0.25, -0.2) is 9.37 Å². The monoisotopic (exact) mass is 339 g/mol. The highest BCUT2D eigenvalue weighted by Gasteiger charge is 2.42. The first-order valence-electron chi connectivity index (χ1n) is 8.26. The fourth-order valence-electron chi connectivity index (χ4n) is 3.88. The minimum atomic E-state index is -0.373. The molecule has 1 atom stereocenters. The maximum absolute atomic E-state index is 14.2. The van der Waals surface area contributed by atoms with Crippen LogP contribution in [0.5, 0.6) is 0 Å². The van der Waals surface area contributed by atoms with Crippen LogP contribution in [0.1, 0.15) is 39.5 Å². The Bertz CT molecular complexity index is 610. The van der Waals surface area contributed by atoms with E-state index in [1.54, 1.807) is 0 Å². The zero-order chi connectivity index (χ0) is 16.6. The van der Waals surface area contributed by atoms with Gasteiger partial charge in [0, 0.05) is 43.7 Å². The van der Waals surface area contributed by atoms with Gasteiger partial charge in [-0.2, -0.15) is 0 Å². The number of halogens is 2. The molecule has 4 nitrogen and oxygen atoms in total. The molecule has 3 rings (SSSR count). The second kappa shape index (κ2) is 6.27. The van der Waals surface area contributed by atoms with E-state index in [-0.39, 0.29) is 23.2 Å². The van der Waals surface area contributed by atoms with Crippen LogP contribution in [0.2, 0.25) is 5.02 Å². The van der Waals surface area contributed by atoms with E-state index in [2.05, 4.69) is 18.8 Å². The lowest BCUT2D eigenvalue weighted by Gasteiger charge is -2.49. The summed E-state index contributed by atoms with van der Waals surface area (Å²) in [7, 11) is 0.